The highest BCUT2D eigenvalue weighted by molar-refractivity contribution is 7.89. The lowest BCUT2D eigenvalue weighted by Gasteiger charge is -2.55. The molecule has 0 aromatic heterocycles. The first kappa shape index (κ1) is 23.6. The van der Waals surface area contributed by atoms with Crippen LogP contribution in [0, 0.1) is 5.41 Å². The fourth-order valence-corrected chi connectivity index (χ4v) is 5.02. The normalized spacial score (nSPS) is 21.7. The number of sulfonamides is 1. The van der Waals surface area contributed by atoms with E-state index >= 15 is 0 Å². The quantitative estimate of drug-likeness (QED) is 0.470. The third-order valence-electron chi connectivity index (χ3n) is 6.17. The van der Waals surface area contributed by atoms with Crippen molar-refractivity contribution in [1.29, 1.82) is 0 Å². The first-order valence-electron chi connectivity index (χ1n) is 10.3. The Balaban J connectivity index is 1.98. The summed E-state index contributed by atoms with van der Waals surface area (Å²) in [7, 11) is 1.42. The largest absolute Gasteiger partial charge is 0.378 e. The zero-order valence-electron chi connectivity index (χ0n) is 18.5. The van der Waals surface area contributed by atoms with Crippen molar-refractivity contribution in [1.82, 2.24) is 14.9 Å². The Bertz CT molecular complexity index is 787. The summed E-state index contributed by atoms with van der Waals surface area (Å²) in [6.07, 6.45) is 3.40. The molecule has 1 saturated carbocycles. The highest BCUT2D eigenvalue weighted by Crippen LogP contribution is 2.48. The van der Waals surface area contributed by atoms with Crippen molar-refractivity contribution >= 4 is 16.0 Å². The number of nitrogens with zero attached hydrogens (tertiary/aromatic N) is 2. The van der Waals surface area contributed by atoms with E-state index in [9.17, 15) is 8.42 Å². The van der Waals surface area contributed by atoms with Crippen LogP contribution in [0.5, 0.6) is 0 Å². The molecule has 2 N–H and O–H groups in total. The molecule has 0 radical (unpaired) electrons. The van der Waals surface area contributed by atoms with Crippen molar-refractivity contribution in [3.05, 3.63) is 29.8 Å². The molecule has 7 nitrogen and oxygen atoms in total. The van der Waals surface area contributed by atoms with Crippen LogP contribution in [0.2, 0.25) is 0 Å². The molecule has 0 heterocycles. The van der Waals surface area contributed by atoms with Crippen LogP contribution in [0.25, 0.3) is 0 Å². The van der Waals surface area contributed by atoms with Gasteiger partial charge in [-0.15, -0.1) is 0 Å². The molecule has 8 heteroatoms. The van der Waals surface area contributed by atoms with E-state index in [1.165, 1.54) is 18.4 Å². The molecule has 0 amide bonds. The highest BCUT2D eigenvalue weighted by Gasteiger charge is 2.53. The third kappa shape index (κ3) is 4.92. The summed E-state index contributed by atoms with van der Waals surface area (Å²) in [5.74, 6) is 0.751. The number of ether oxygens (including phenoxy) is 1. The van der Waals surface area contributed by atoms with Crippen LogP contribution in [-0.2, 0) is 21.3 Å². The Labute approximate surface area is 176 Å². The van der Waals surface area contributed by atoms with E-state index in [4.69, 9.17) is 4.74 Å². The van der Waals surface area contributed by atoms with Crippen LogP contribution >= 0.6 is 0 Å². The second kappa shape index (κ2) is 9.91. The van der Waals surface area contributed by atoms with E-state index in [0.29, 0.717) is 23.6 Å². The maximum absolute atomic E-state index is 12.2. The van der Waals surface area contributed by atoms with Gasteiger partial charge in [-0.25, -0.2) is 12.7 Å². The lowest BCUT2D eigenvalue weighted by Crippen LogP contribution is -2.65. The number of benzene rings is 1. The monoisotopic (exact) mass is 424 g/mol. The van der Waals surface area contributed by atoms with Gasteiger partial charge in [0.05, 0.1) is 11.0 Å². The van der Waals surface area contributed by atoms with Crippen LogP contribution in [0.4, 0.5) is 0 Å². The van der Waals surface area contributed by atoms with E-state index in [2.05, 4.69) is 29.5 Å². The zero-order chi connectivity index (χ0) is 21.7. The smallest absolute Gasteiger partial charge is 0.242 e. The predicted molar refractivity (Wildman–Crippen MR) is 117 cm³/mol. The van der Waals surface area contributed by atoms with Crippen molar-refractivity contribution < 1.29 is 13.2 Å². The molecule has 1 aliphatic carbocycles. The molecule has 164 valence electrons. The molecule has 1 aromatic rings. The number of nitrogens with one attached hydrogen (secondary N) is 2. The minimum Gasteiger partial charge on any atom is -0.378 e. The molecule has 0 saturated heterocycles. The van der Waals surface area contributed by atoms with Crippen LogP contribution in [-0.4, -0.2) is 58.6 Å². The van der Waals surface area contributed by atoms with E-state index in [1.54, 1.807) is 19.2 Å². The van der Waals surface area contributed by atoms with E-state index in [-0.39, 0.29) is 5.41 Å². The Morgan fingerprint density at radius 2 is 1.83 bits per heavy atom. The van der Waals surface area contributed by atoms with Crippen LogP contribution in [0.1, 0.15) is 45.6 Å². The predicted octanol–water partition coefficient (Wildman–Crippen LogP) is 2.59. The fourth-order valence-electron chi connectivity index (χ4n) is 4.12. The Kier molecular flexibility index (Phi) is 8.08. The van der Waals surface area contributed by atoms with Gasteiger partial charge in [0.25, 0.3) is 0 Å². The van der Waals surface area contributed by atoms with Gasteiger partial charge in [-0.05, 0) is 43.9 Å². The first-order chi connectivity index (χ1) is 13.7. The average molecular weight is 425 g/mol. The number of rotatable bonds is 9. The summed E-state index contributed by atoms with van der Waals surface area (Å²) in [4.78, 5) is 4.65. The fraction of sp³-hybridized carbons (Fsp3) is 0.667. The van der Waals surface area contributed by atoms with Gasteiger partial charge in [-0.3, -0.25) is 4.99 Å². The molecule has 0 spiro atoms. The molecule has 1 aliphatic rings. The summed E-state index contributed by atoms with van der Waals surface area (Å²) in [5.41, 5.74) is 1.12. The molecular formula is C21H36N4O3S. The van der Waals surface area contributed by atoms with Crippen LogP contribution in [0.3, 0.4) is 0 Å². The number of guanidine groups is 1. The third-order valence-corrected chi connectivity index (χ3v) is 8.00. The number of hydrogen-bond donors (Lipinski definition) is 2. The molecule has 0 bridgehead atoms. The standard InChI is InChI=1S/C21H36N4O3S/c1-7-21(8-2)18(14-19(21)28-9-3)24-20(22-4)23-15-16-10-12-17(13-11-16)29(26,27)25(5)6/h10-13,18-19H,7-9,14-15H2,1-6H3,(H2,22,23,24). The Morgan fingerprint density at radius 3 is 2.31 bits per heavy atom. The maximum atomic E-state index is 12.2. The molecule has 29 heavy (non-hydrogen) atoms. The van der Waals surface area contributed by atoms with Gasteiger partial charge in [0.1, 0.15) is 0 Å². The zero-order valence-corrected chi connectivity index (χ0v) is 19.3. The van der Waals surface area contributed by atoms with E-state index in [1.807, 2.05) is 19.1 Å². The van der Waals surface area contributed by atoms with Crippen molar-refractivity contribution in [3.63, 3.8) is 0 Å². The van der Waals surface area contributed by atoms with Gasteiger partial charge in [-0.1, -0.05) is 26.0 Å². The second-order valence-electron chi connectivity index (χ2n) is 7.67. The SMILES string of the molecule is CCOC1CC(NC(=NC)NCc2ccc(S(=O)(=O)N(C)C)cc2)C1(CC)CC. The Hall–Kier alpha value is -1.64. The number of hydrogen-bond acceptors (Lipinski definition) is 4. The van der Waals surface area contributed by atoms with Crippen LogP contribution in [0.15, 0.2) is 34.2 Å². The van der Waals surface area contributed by atoms with Crippen molar-refractivity contribution in [3.8, 4) is 0 Å². The minimum absolute atomic E-state index is 0.135. The molecule has 0 aliphatic heterocycles. The molecule has 1 aromatic carbocycles. The molecule has 2 rings (SSSR count). The second-order valence-corrected chi connectivity index (χ2v) is 9.83. The molecular weight excluding hydrogens is 388 g/mol. The van der Waals surface area contributed by atoms with Crippen molar-refractivity contribution in [2.75, 3.05) is 27.7 Å². The minimum atomic E-state index is -3.41. The van der Waals surface area contributed by atoms with E-state index < -0.39 is 10.0 Å². The van der Waals surface area contributed by atoms with Gasteiger partial charge >= 0.3 is 0 Å². The van der Waals surface area contributed by atoms with Crippen LogP contribution < -0.4 is 10.6 Å². The van der Waals surface area contributed by atoms with Gasteiger partial charge in [0, 0.05) is 45.8 Å². The van der Waals surface area contributed by atoms with Crippen molar-refractivity contribution in [2.45, 2.75) is 63.6 Å². The summed E-state index contributed by atoms with van der Waals surface area (Å²) >= 11 is 0. The summed E-state index contributed by atoms with van der Waals surface area (Å²) in [5, 5.41) is 6.90. The van der Waals surface area contributed by atoms with Gasteiger partial charge < -0.3 is 15.4 Å². The van der Waals surface area contributed by atoms with E-state index in [0.717, 1.165) is 37.4 Å². The average Bonchev–Trinajstić information content (AvgIpc) is 2.70. The molecule has 1 fully saturated rings. The van der Waals surface area contributed by atoms with Gasteiger partial charge in [0.15, 0.2) is 5.96 Å². The Morgan fingerprint density at radius 1 is 1.21 bits per heavy atom. The summed E-state index contributed by atoms with van der Waals surface area (Å²) < 4.78 is 31.5. The number of aliphatic imine (C=N–C) groups is 1. The highest BCUT2D eigenvalue weighted by atomic mass is 32.2. The lowest BCUT2D eigenvalue weighted by molar-refractivity contribution is -0.133. The lowest BCUT2D eigenvalue weighted by atomic mass is 9.58. The van der Waals surface area contributed by atoms with Gasteiger partial charge in [-0.2, -0.15) is 0 Å². The topological polar surface area (TPSA) is 83.0 Å². The van der Waals surface area contributed by atoms with Crippen molar-refractivity contribution in [2.24, 2.45) is 10.4 Å². The molecule has 2 atom stereocenters. The summed E-state index contributed by atoms with van der Waals surface area (Å²) in [6, 6.07) is 7.26. The first-order valence-corrected chi connectivity index (χ1v) is 11.8. The molecule has 2 unspecified atom stereocenters. The van der Waals surface area contributed by atoms with Gasteiger partial charge in [0.2, 0.25) is 10.0 Å². The maximum Gasteiger partial charge on any atom is 0.242 e. The summed E-state index contributed by atoms with van der Waals surface area (Å²) in [6.45, 7) is 7.80.